The largest absolute Gasteiger partial charge is 0.380 e. The normalized spacial score (nSPS) is 20.1. The van der Waals surface area contributed by atoms with E-state index in [9.17, 15) is 0 Å². The van der Waals surface area contributed by atoms with Gasteiger partial charge in [0.2, 0.25) is 0 Å². The van der Waals surface area contributed by atoms with Gasteiger partial charge >= 0.3 is 0 Å². The summed E-state index contributed by atoms with van der Waals surface area (Å²) >= 11 is 0. The van der Waals surface area contributed by atoms with Crippen molar-refractivity contribution in [1.82, 2.24) is 5.32 Å². The fraction of sp³-hybridized carbons (Fsp3) is 0.647. The van der Waals surface area contributed by atoms with E-state index >= 15 is 0 Å². The molecule has 0 amide bonds. The Balaban J connectivity index is 2.04. The fourth-order valence-electron chi connectivity index (χ4n) is 3.06. The molecule has 0 saturated heterocycles. The highest BCUT2D eigenvalue weighted by molar-refractivity contribution is 5.20. The third-order valence-electron chi connectivity index (χ3n) is 4.31. The predicted molar refractivity (Wildman–Crippen MR) is 80.2 cm³/mol. The minimum absolute atomic E-state index is 0.273. The van der Waals surface area contributed by atoms with Crippen molar-refractivity contribution in [3.05, 3.63) is 35.9 Å². The van der Waals surface area contributed by atoms with Gasteiger partial charge in [-0.15, -0.1) is 0 Å². The molecule has 0 aliphatic heterocycles. The lowest BCUT2D eigenvalue weighted by atomic mass is 9.81. The molecule has 1 fully saturated rings. The highest BCUT2D eigenvalue weighted by Gasteiger charge is 2.24. The van der Waals surface area contributed by atoms with Gasteiger partial charge in [-0.05, 0) is 31.2 Å². The van der Waals surface area contributed by atoms with E-state index in [0.29, 0.717) is 6.04 Å². The molecule has 0 radical (unpaired) electrons. The molecule has 19 heavy (non-hydrogen) atoms. The first-order chi connectivity index (χ1) is 9.31. The van der Waals surface area contributed by atoms with E-state index in [4.69, 9.17) is 4.74 Å². The van der Waals surface area contributed by atoms with Crippen LogP contribution in [-0.2, 0) is 4.74 Å². The third kappa shape index (κ3) is 4.32. The van der Waals surface area contributed by atoms with Crippen LogP contribution in [0.5, 0.6) is 0 Å². The number of benzene rings is 1. The van der Waals surface area contributed by atoms with E-state index in [1.807, 2.05) is 0 Å². The zero-order chi connectivity index (χ0) is 13.5. The standard InChI is InChI=1S/C17H27NO/c1-14(19-2)13-18-17(15-9-5-3-6-10-15)16-11-7-4-8-12-16/h3,5-6,9-10,14,16-18H,4,7-8,11-13H2,1-2H3. The van der Waals surface area contributed by atoms with Crippen LogP contribution in [-0.4, -0.2) is 19.8 Å². The molecule has 1 saturated carbocycles. The van der Waals surface area contributed by atoms with Crippen molar-refractivity contribution in [2.24, 2.45) is 5.92 Å². The van der Waals surface area contributed by atoms with E-state index < -0.39 is 0 Å². The van der Waals surface area contributed by atoms with E-state index in [1.165, 1.54) is 37.7 Å². The summed E-state index contributed by atoms with van der Waals surface area (Å²) in [5, 5.41) is 3.73. The van der Waals surface area contributed by atoms with Gasteiger partial charge in [0, 0.05) is 19.7 Å². The minimum atomic E-state index is 0.273. The number of hydrogen-bond acceptors (Lipinski definition) is 2. The Morgan fingerprint density at radius 1 is 1.16 bits per heavy atom. The maximum Gasteiger partial charge on any atom is 0.0667 e. The Bertz CT molecular complexity index is 346. The molecule has 2 rings (SSSR count). The number of nitrogens with one attached hydrogen (secondary N) is 1. The van der Waals surface area contributed by atoms with Crippen LogP contribution >= 0.6 is 0 Å². The SMILES string of the molecule is COC(C)CNC(c1ccccc1)C1CCCCC1. The van der Waals surface area contributed by atoms with Crippen LogP contribution in [0.4, 0.5) is 0 Å². The van der Waals surface area contributed by atoms with Crippen molar-refractivity contribution in [3.8, 4) is 0 Å². The van der Waals surface area contributed by atoms with Crippen LogP contribution in [0.25, 0.3) is 0 Å². The maximum atomic E-state index is 5.36. The Morgan fingerprint density at radius 3 is 2.47 bits per heavy atom. The fourth-order valence-corrected chi connectivity index (χ4v) is 3.06. The Kier molecular flexibility index (Phi) is 5.87. The molecule has 0 spiro atoms. The Labute approximate surface area is 117 Å². The molecule has 1 aliphatic carbocycles. The first kappa shape index (κ1) is 14.5. The molecule has 1 aromatic carbocycles. The second kappa shape index (κ2) is 7.66. The summed E-state index contributed by atoms with van der Waals surface area (Å²) in [5.41, 5.74) is 1.43. The summed E-state index contributed by atoms with van der Waals surface area (Å²) in [4.78, 5) is 0. The quantitative estimate of drug-likeness (QED) is 0.837. The molecule has 2 heteroatoms. The third-order valence-corrected chi connectivity index (χ3v) is 4.31. The van der Waals surface area contributed by atoms with Crippen LogP contribution in [0.15, 0.2) is 30.3 Å². The first-order valence-corrected chi connectivity index (χ1v) is 7.62. The van der Waals surface area contributed by atoms with Crippen molar-refractivity contribution >= 4 is 0 Å². The summed E-state index contributed by atoms with van der Waals surface area (Å²) < 4.78 is 5.36. The van der Waals surface area contributed by atoms with Crippen LogP contribution < -0.4 is 5.32 Å². The molecule has 0 bridgehead atoms. The first-order valence-electron chi connectivity index (χ1n) is 7.62. The number of ether oxygens (including phenoxy) is 1. The highest BCUT2D eigenvalue weighted by atomic mass is 16.5. The monoisotopic (exact) mass is 261 g/mol. The maximum absolute atomic E-state index is 5.36. The average Bonchev–Trinajstić information content (AvgIpc) is 2.49. The van der Waals surface area contributed by atoms with Crippen molar-refractivity contribution < 1.29 is 4.74 Å². The number of rotatable bonds is 6. The summed E-state index contributed by atoms with van der Waals surface area (Å²) in [5.74, 6) is 0.778. The van der Waals surface area contributed by atoms with Gasteiger partial charge in [0.25, 0.3) is 0 Å². The molecule has 2 nitrogen and oxygen atoms in total. The molecule has 1 aromatic rings. The molecular weight excluding hydrogens is 234 g/mol. The van der Waals surface area contributed by atoms with Gasteiger partial charge in [0.15, 0.2) is 0 Å². The predicted octanol–water partition coefficient (Wildman–Crippen LogP) is 3.93. The Hall–Kier alpha value is -0.860. The molecule has 0 heterocycles. The smallest absolute Gasteiger partial charge is 0.0667 e. The van der Waals surface area contributed by atoms with Gasteiger partial charge in [0.1, 0.15) is 0 Å². The molecule has 106 valence electrons. The summed E-state index contributed by atoms with van der Waals surface area (Å²) in [6.45, 7) is 3.04. The molecular formula is C17H27NO. The van der Waals surface area contributed by atoms with E-state index in [1.54, 1.807) is 7.11 Å². The van der Waals surface area contributed by atoms with E-state index in [0.717, 1.165) is 12.5 Å². The van der Waals surface area contributed by atoms with Crippen LogP contribution in [0.2, 0.25) is 0 Å². The topological polar surface area (TPSA) is 21.3 Å². The molecule has 1 aliphatic rings. The lowest BCUT2D eigenvalue weighted by Crippen LogP contribution is -2.34. The van der Waals surface area contributed by atoms with Crippen LogP contribution in [0, 0.1) is 5.92 Å². The van der Waals surface area contributed by atoms with Gasteiger partial charge in [-0.1, -0.05) is 49.6 Å². The Morgan fingerprint density at radius 2 is 1.84 bits per heavy atom. The van der Waals surface area contributed by atoms with Gasteiger partial charge in [-0.25, -0.2) is 0 Å². The van der Waals surface area contributed by atoms with Crippen molar-refractivity contribution in [2.75, 3.05) is 13.7 Å². The van der Waals surface area contributed by atoms with Gasteiger partial charge in [-0.3, -0.25) is 0 Å². The summed E-state index contributed by atoms with van der Waals surface area (Å²) in [6.07, 6.45) is 7.16. The summed E-state index contributed by atoms with van der Waals surface area (Å²) in [6, 6.07) is 11.4. The summed E-state index contributed by atoms with van der Waals surface area (Å²) in [7, 11) is 1.78. The zero-order valence-electron chi connectivity index (χ0n) is 12.3. The number of hydrogen-bond donors (Lipinski definition) is 1. The van der Waals surface area contributed by atoms with Crippen LogP contribution in [0.1, 0.15) is 50.6 Å². The van der Waals surface area contributed by atoms with Gasteiger partial charge in [-0.2, -0.15) is 0 Å². The zero-order valence-corrected chi connectivity index (χ0v) is 12.3. The van der Waals surface area contributed by atoms with Gasteiger partial charge < -0.3 is 10.1 Å². The van der Waals surface area contributed by atoms with Gasteiger partial charge in [0.05, 0.1) is 6.10 Å². The highest BCUT2D eigenvalue weighted by Crippen LogP contribution is 2.34. The van der Waals surface area contributed by atoms with Crippen molar-refractivity contribution in [3.63, 3.8) is 0 Å². The van der Waals surface area contributed by atoms with Crippen molar-refractivity contribution in [2.45, 2.75) is 51.2 Å². The number of methoxy groups -OCH3 is 1. The minimum Gasteiger partial charge on any atom is -0.380 e. The lowest BCUT2D eigenvalue weighted by Gasteiger charge is -2.32. The molecule has 0 aromatic heterocycles. The van der Waals surface area contributed by atoms with E-state index in [2.05, 4.69) is 42.6 Å². The second-order valence-corrected chi connectivity index (χ2v) is 5.74. The molecule has 1 N–H and O–H groups in total. The lowest BCUT2D eigenvalue weighted by molar-refractivity contribution is 0.109. The van der Waals surface area contributed by atoms with E-state index in [-0.39, 0.29) is 6.10 Å². The molecule has 2 unspecified atom stereocenters. The van der Waals surface area contributed by atoms with Crippen LogP contribution in [0.3, 0.4) is 0 Å². The second-order valence-electron chi connectivity index (χ2n) is 5.74. The average molecular weight is 261 g/mol. The van der Waals surface area contributed by atoms with Crippen molar-refractivity contribution in [1.29, 1.82) is 0 Å². The molecule has 2 atom stereocenters.